The molecule has 2 aromatic carbocycles. The molecular formula is C31H43BN6O3S. The summed E-state index contributed by atoms with van der Waals surface area (Å²) in [6.07, 6.45) is 3.40. The number of nitrogens with one attached hydrogen (secondary N) is 5. The van der Waals surface area contributed by atoms with Crippen LogP contribution in [0.25, 0.3) is 0 Å². The van der Waals surface area contributed by atoms with Crippen molar-refractivity contribution in [3.05, 3.63) is 71.8 Å². The highest BCUT2D eigenvalue weighted by atomic mass is 32.1. The van der Waals surface area contributed by atoms with Crippen molar-refractivity contribution in [1.29, 1.82) is 0 Å². The third kappa shape index (κ3) is 7.49. The summed E-state index contributed by atoms with van der Waals surface area (Å²) in [6, 6.07) is 17.5. The van der Waals surface area contributed by atoms with E-state index in [-0.39, 0.29) is 35.7 Å². The fourth-order valence-corrected chi connectivity index (χ4v) is 6.43. The van der Waals surface area contributed by atoms with E-state index in [1.807, 2.05) is 74.5 Å². The second-order valence-electron chi connectivity index (χ2n) is 11.1. The fraction of sp³-hybridized carbons (Fsp3) is 0.484. The minimum absolute atomic E-state index is 0.0588. The van der Waals surface area contributed by atoms with Crippen LogP contribution in [-0.2, 0) is 14.4 Å². The number of carbonyl (C=O) groups excluding carboxylic acids is 3. The monoisotopic (exact) mass is 590 g/mol. The van der Waals surface area contributed by atoms with Gasteiger partial charge in [0.15, 0.2) is 13.1 Å². The molecule has 2 heterocycles. The molecule has 2 aliphatic rings. The van der Waals surface area contributed by atoms with Gasteiger partial charge < -0.3 is 31.4 Å². The molecule has 0 radical (unpaired) electrons. The first kappa shape index (κ1) is 31.5. The molecule has 3 amide bonds. The van der Waals surface area contributed by atoms with Gasteiger partial charge in [0, 0.05) is 25.0 Å². The van der Waals surface area contributed by atoms with Crippen molar-refractivity contribution >= 4 is 43.0 Å². The molecule has 11 heteroatoms. The van der Waals surface area contributed by atoms with E-state index >= 15 is 0 Å². The number of nitrogens with zero attached hydrogens (tertiary/aromatic N) is 1. The summed E-state index contributed by atoms with van der Waals surface area (Å²) >= 11 is 5.38. The van der Waals surface area contributed by atoms with Crippen molar-refractivity contribution in [2.45, 2.75) is 76.2 Å². The molecule has 5 atom stereocenters. The van der Waals surface area contributed by atoms with Crippen LogP contribution in [0.2, 0.25) is 0 Å². The fourth-order valence-electron chi connectivity index (χ4n) is 6.20. The molecule has 2 aliphatic heterocycles. The Kier molecular flexibility index (Phi) is 11.4. The molecular weight excluding hydrogens is 547 g/mol. The first-order chi connectivity index (χ1) is 20.4. The van der Waals surface area contributed by atoms with E-state index in [1.165, 1.54) is 0 Å². The summed E-state index contributed by atoms with van der Waals surface area (Å²) in [5.74, 6) is -0.778. The first-order valence-electron chi connectivity index (χ1n) is 15.1. The zero-order valence-electron chi connectivity index (χ0n) is 24.8. The molecule has 5 N–H and O–H groups in total. The molecule has 0 aromatic heterocycles. The number of amides is 3. The van der Waals surface area contributed by atoms with E-state index in [4.69, 9.17) is 12.2 Å². The normalized spacial score (nSPS) is 22.5. The highest BCUT2D eigenvalue weighted by Gasteiger charge is 2.48. The van der Waals surface area contributed by atoms with E-state index in [9.17, 15) is 14.4 Å². The quantitative estimate of drug-likeness (QED) is 0.199. The third-order valence-corrected chi connectivity index (χ3v) is 8.74. The third-order valence-electron chi connectivity index (χ3n) is 8.45. The molecule has 0 spiro atoms. The maximum atomic E-state index is 14.3. The summed E-state index contributed by atoms with van der Waals surface area (Å²) in [5, 5.41) is 16.2. The Hall–Kier alpha value is -3.44. The molecule has 224 valence electrons. The van der Waals surface area contributed by atoms with Crippen molar-refractivity contribution in [3.8, 4) is 0 Å². The number of thiocarbonyl (C=S) groups is 1. The van der Waals surface area contributed by atoms with Gasteiger partial charge in [0.25, 0.3) is 0 Å². The second kappa shape index (κ2) is 15.2. The minimum Gasteiger partial charge on any atom is -0.363 e. The Bertz CT molecular complexity index is 1180. The van der Waals surface area contributed by atoms with Crippen LogP contribution in [0.3, 0.4) is 0 Å². The van der Waals surface area contributed by atoms with Crippen LogP contribution < -0.4 is 26.5 Å². The van der Waals surface area contributed by atoms with Crippen LogP contribution >= 0.6 is 12.2 Å². The Morgan fingerprint density at radius 2 is 1.57 bits per heavy atom. The average Bonchev–Trinajstić information content (AvgIpc) is 3.39. The van der Waals surface area contributed by atoms with Gasteiger partial charge in [-0.15, -0.1) is 0 Å². The highest BCUT2D eigenvalue weighted by molar-refractivity contribution is 7.80. The molecule has 0 unspecified atom stereocenters. The lowest BCUT2D eigenvalue weighted by Gasteiger charge is -2.33. The first-order valence-corrected chi connectivity index (χ1v) is 15.5. The lowest BCUT2D eigenvalue weighted by Crippen LogP contribution is -2.59. The smallest absolute Gasteiger partial charge is 0.246 e. The molecule has 9 nitrogen and oxygen atoms in total. The Morgan fingerprint density at radius 3 is 2.14 bits per heavy atom. The largest absolute Gasteiger partial charge is 0.363 e. The summed E-state index contributed by atoms with van der Waals surface area (Å²) < 4.78 is 0. The van der Waals surface area contributed by atoms with Gasteiger partial charge >= 0.3 is 0 Å². The molecule has 42 heavy (non-hydrogen) atoms. The molecule has 2 saturated heterocycles. The number of hydrogen-bond donors (Lipinski definition) is 5. The summed E-state index contributed by atoms with van der Waals surface area (Å²) in [7, 11) is 1.74. The molecule has 0 aliphatic carbocycles. The molecule has 0 bridgehead atoms. The number of fused-ring (bicyclic) bond motifs is 1. The van der Waals surface area contributed by atoms with Crippen LogP contribution in [0.15, 0.2) is 60.7 Å². The maximum Gasteiger partial charge on any atom is 0.246 e. The van der Waals surface area contributed by atoms with Gasteiger partial charge in [0.2, 0.25) is 17.7 Å². The van der Waals surface area contributed by atoms with Gasteiger partial charge in [0.1, 0.15) is 12.1 Å². The Morgan fingerprint density at radius 1 is 0.952 bits per heavy atom. The van der Waals surface area contributed by atoms with Gasteiger partial charge in [0.05, 0.1) is 12.1 Å². The van der Waals surface area contributed by atoms with Gasteiger partial charge in [-0.05, 0) is 62.4 Å². The highest BCUT2D eigenvalue weighted by Crippen LogP contribution is 2.35. The molecule has 0 saturated carbocycles. The Balaban J connectivity index is 1.58. The van der Waals surface area contributed by atoms with Crippen LogP contribution in [-0.4, -0.2) is 73.0 Å². The van der Waals surface area contributed by atoms with E-state index < -0.39 is 18.1 Å². The minimum atomic E-state index is -0.769. The summed E-state index contributed by atoms with van der Waals surface area (Å²) in [4.78, 5) is 43.3. The predicted molar refractivity (Wildman–Crippen MR) is 171 cm³/mol. The van der Waals surface area contributed by atoms with Crippen molar-refractivity contribution in [2.24, 2.45) is 5.92 Å². The van der Waals surface area contributed by atoms with Gasteiger partial charge in [-0.1, -0.05) is 67.6 Å². The van der Waals surface area contributed by atoms with Crippen molar-refractivity contribution in [2.75, 3.05) is 13.1 Å². The van der Waals surface area contributed by atoms with Crippen LogP contribution in [0.4, 0.5) is 0 Å². The zero-order chi connectivity index (χ0) is 30.1. The van der Waals surface area contributed by atoms with Gasteiger partial charge in [-0.25, -0.2) is 0 Å². The number of hydrogen-bond acceptors (Lipinski definition) is 5. The van der Waals surface area contributed by atoms with E-state index in [2.05, 4.69) is 26.5 Å². The van der Waals surface area contributed by atoms with Crippen LogP contribution in [0.5, 0.6) is 0 Å². The van der Waals surface area contributed by atoms with E-state index in [0.717, 1.165) is 30.4 Å². The van der Waals surface area contributed by atoms with E-state index in [1.54, 1.807) is 12.9 Å². The summed E-state index contributed by atoms with van der Waals surface area (Å²) in [5.41, 5.74) is 1.94. The van der Waals surface area contributed by atoms with Crippen molar-refractivity contribution < 1.29 is 14.4 Å². The second-order valence-corrected chi connectivity index (χ2v) is 11.5. The number of benzene rings is 2. The van der Waals surface area contributed by atoms with Gasteiger partial charge in [-0.3, -0.25) is 14.4 Å². The standard InChI is InChI=1S/C31H43BN6O3S/c1-3-24(37-32)28(39)36-27-22(19-34-31(42)33-4-2)15-16-23-17-18-25(38(23)30(27)41)29(40)35-26(20-11-7-5-8-12-20)21-13-9-6-10-14-21/h5-14,22-27,37H,3-4,15-19,32H2,1-2H3,(H,35,40)(H,36,39)(H2,33,34,42)/t22-,23+,24+,25+,27+/m1/s1. The lowest BCUT2D eigenvalue weighted by atomic mass is 9.92. The Labute approximate surface area is 255 Å². The zero-order valence-corrected chi connectivity index (χ0v) is 25.6. The summed E-state index contributed by atoms with van der Waals surface area (Å²) in [6.45, 7) is 5.03. The van der Waals surface area contributed by atoms with Crippen LogP contribution in [0, 0.1) is 5.92 Å². The number of rotatable bonds is 11. The topological polar surface area (TPSA) is 115 Å². The molecule has 2 aromatic rings. The molecule has 4 rings (SSSR count). The van der Waals surface area contributed by atoms with E-state index in [0.29, 0.717) is 31.0 Å². The maximum absolute atomic E-state index is 14.3. The average molecular weight is 591 g/mol. The number of carbonyl (C=O) groups is 3. The SMILES string of the molecule is BN[C@@H](CC)C(=O)N[C@@H]1C(=O)N2[C@@H](CC[C@@H]1CNC(=S)NCC)CC[C@H]2C(=O)NC(c1ccccc1)c1ccccc1. The van der Waals surface area contributed by atoms with Crippen molar-refractivity contribution in [1.82, 2.24) is 31.4 Å². The van der Waals surface area contributed by atoms with Gasteiger partial charge in [-0.2, -0.15) is 0 Å². The predicted octanol–water partition coefficient (Wildman–Crippen LogP) is 1.55. The molecule has 2 fully saturated rings. The van der Waals surface area contributed by atoms with Crippen LogP contribution in [0.1, 0.15) is 63.1 Å². The van der Waals surface area contributed by atoms with Crippen molar-refractivity contribution in [3.63, 3.8) is 0 Å². The lowest BCUT2D eigenvalue weighted by molar-refractivity contribution is -0.143.